The third-order valence-electron chi connectivity index (χ3n) is 4.45. The summed E-state index contributed by atoms with van der Waals surface area (Å²) in [7, 11) is 1.93. The van der Waals surface area contributed by atoms with Gasteiger partial charge in [0, 0.05) is 30.3 Å². The van der Waals surface area contributed by atoms with Gasteiger partial charge in [0.2, 0.25) is 5.91 Å². The van der Waals surface area contributed by atoms with E-state index in [0.717, 1.165) is 23.0 Å². The maximum atomic E-state index is 13.8. The van der Waals surface area contributed by atoms with Crippen LogP contribution in [-0.4, -0.2) is 34.8 Å². The Labute approximate surface area is 167 Å². The molecule has 0 spiro atoms. The van der Waals surface area contributed by atoms with Crippen molar-refractivity contribution in [3.05, 3.63) is 58.9 Å². The van der Waals surface area contributed by atoms with Crippen molar-refractivity contribution in [2.24, 2.45) is 4.99 Å². The van der Waals surface area contributed by atoms with Crippen LogP contribution in [0.3, 0.4) is 0 Å². The van der Waals surface area contributed by atoms with Crippen molar-refractivity contribution >= 4 is 45.8 Å². The number of thioether (sulfide) groups is 1. The minimum atomic E-state index is -0.539. The lowest BCUT2D eigenvalue weighted by atomic mass is 10.1. The Balaban J connectivity index is 1.61. The number of hydrogen-bond acceptors (Lipinski definition) is 3. The lowest BCUT2D eigenvalue weighted by molar-refractivity contribution is -0.116. The van der Waals surface area contributed by atoms with Crippen molar-refractivity contribution in [2.45, 2.75) is 25.8 Å². The van der Waals surface area contributed by atoms with Crippen LogP contribution in [-0.2, 0) is 11.2 Å². The number of aliphatic imine (C=N–C) groups is 1. The summed E-state index contributed by atoms with van der Waals surface area (Å²) in [5.41, 5.74) is 2.31. The molecule has 0 bridgehead atoms. The number of benzene rings is 2. The van der Waals surface area contributed by atoms with Crippen LogP contribution in [0.4, 0.5) is 15.8 Å². The molecule has 4 nitrogen and oxygen atoms in total. The number of halogens is 2. The number of aryl methyl sites for hydroxylation is 1. The number of nitrogens with zero attached hydrogens (tertiary/aromatic N) is 2. The van der Waals surface area contributed by atoms with Crippen LogP contribution >= 0.6 is 23.4 Å². The Morgan fingerprint density at radius 1 is 1.33 bits per heavy atom. The second kappa shape index (κ2) is 8.76. The van der Waals surface area contributed by atoms with Crippen molar-refractivity contribution in [1.29, 1.82) is 0 Å². The summed E-state index contributed by atoms with van der Waals surface area (Å²) in [5, 5.41) is 3.79. The van der Waals surface area contributed by atoms with E-state index in [2.05, 4.69) is 29.4 Å². The smallest absolute Gasteiger partial charge is 0.226 e. The number of carbonyl (C=O) groups is 1. The van der Waals surface area contributed by atoms with Gasteiger partial charge in [-0.1, -0.05) is 42.4 Å². The van der Waals surface area contributed by atoms with E-state index in [-0.39, 0.29) is 24.1 Å². The molecule has 1 atom stereocenters. The van der Waals surface area contributed by atoms with Crippen molar-refractivity contribution in [1.82, 2.24) is 4.90 Å². The molecule has 1 unspecified atom stereocenters. The molecule has 1 fully saturated rings. The van der Waals surface area contributed by atoms with Gasteiger partial charge in [-0.15, -0.1) is 0 Å². The van der Waals surface area contributed by atoms with Crippen molar-refractivity contribution in [3.63, 3.8) is 0 Å². The van der Waals surface area contributed by atoms with Crippen LogP contribution < -0.4 is 5.32 Å². The van der Waals surface area contributed by atoms with E-state index in [9.17, 15) is 9.18 Å². The first-order valence-corrected chi connectivity index (χ1v) is 10.1. The minimum Gasteiger partial charge on any atom is -0.350 e. The maximum Gasteiger partial charge on any atom is 0.226 e. The predicted molar refractivity (Wildman–Crippen MR) is 112 cm³/mol. The van der Waals surface area contributed by atoms with Gasteiger partial charge in [-0.05, 0) is 42.3 Å². The zero-order valence-corrected chi connectivity index (χ0v) is 16.8. The van der Waals surface area contributed by atoms with Crippen LogP contribution in [0, 0.1) is 5.82 Å². The Hall–Kier alpha value is -2.05. The number of rotatable bonds is 5. The van der Waals surface area contributed by atoms with E-state index >= 15 is 0 Å². The fourth-order valence-corrected chi connectivity index (χ4v) is 4.13. The molecule has 27 heavy (non-hydrogen) atoms. The SMILES string of the molecule is CCc1ccc(N=C2SCC(CC(=O)Nc3ccc(Cl)cc3F)N2C)cc1. The van der Waals surface area contributed by atoms with E-state index in [1.54, 1.807) is 17.8 Å². The molecule has 0 aromatic heterocycles. The summed E-state index contributed by atoms with van der Waals surface area (Å²) in [6.45, 7) is 2.12. The first-order valence-electron chi connectivity index (χ1n) is 8.74. The van der Waals surface area contributed by atoms with Gasteiger partial charge < -0.3 is 10.2 Å². The average molecular weight is 406 g/mol. The van der Waals surface area contributed by atoms with Gasteiger partial charge in [-0.25, -0.2) is 9.38 Å². The van der Waals surface area contributed by atoms with Gasteiger partial charge in [-0.2, -0.15) is 0 Å². The Morgan fingerprint density at radius 2 is 2.07 bits per heavy atom. The maximum absolute atomic E-state index is 13.8. The number of hydrogen-bond donors (Lipinski definition) is 1. The highest BCUT2D eigenvalue weighted by molar-refractivity contribution is 8.14. The molecule has 0 radical (unpaired) electrons. The normalized spacial score (nSPS) is 18.1. The zero-order valence-electron chi connectivity index (χ0n) is 15.2. The monoisotopic (exact) mass is 405 g/mol. The number of amidine groups is 1. The molecule has 0 aliphatic carbocycles. The molecule has 1 heterocycles. The summed E-state index contributed by atoms with van der Waals surface area (Å²) in [6, 6.07) is 12.4. The molecule has 1 amide bonds. The van der Waals surface area contributed by atoms with Crippen molar-refractivity contribution < 1.29 is 9.18 Å². The number of nitrogens with one attached hydrogen (secondary N) is 1. The van der Waals surface area contributed by atoms with E-state index in [1.165, 1.54) is 17.7 Å². The second-order valence-corrected chi connectivity index (χ2v) is 7.79. The second-order valence-electron chi connectivity index (χ2n) is 6.37. The highest BCUT2D eigenvalue weighted by Crippen LogP contribution is 2.28. The van der Waals surface area contributed by atoms with E-state index in [4.69, 9.17) is 11.6 Å². The molecule has 7 heteroatoms. The minimum absolute atomic E-state index is 0.0130. The van der Waals surface area contributed by atoms with Gasteiger partial charge in [0.05, 0.1) is 11.4 Å². The van der Waals surface area contributed by atoms with Crippen molar-refractivity contribution in [3.8, 4) is 0 Å². The largest absolute Gasteiger partial charge is 0.350 e. The predicted octanol–water partition coefficient (Wildman–Crippen LogP) is 5.11. The summed E-state index contributed by atoms with van der Waals surface area (Å²) in [4.78, 5) is 19.0. The number of anilines is 1. The molecule has 3 rings (SSSR count). The summed E-state index contributed by atoms with van der Waals surface area (Å²) >= 11 is 7.36. The first-order chi connectivity index (χ1) is 13.0. The average Bonchev–Trinajstić information content (AvgIpc) is 2.98. The molecule has 1 N–H and O–H groups in total. The molecule has 142 valence electrons. The third-order valence-corrected chi connectivity index (χ3v) is 5.87. The molecule has 0 saturated carbocycles. The topological polar surface area (TPSA) is 44.7 Å². The fraction of sp³-hybridized carbons (Fsp3) is 0.300. The number of amides is 1. The summed E-state index contributed by atoms with van der Waals surface area (Å²) in [5.74, 6) is -0.0104. The van der Waals surface area contributed by atoms with Crippen LogP contribution in [0.5, 0.6) is 0 Å². The van der Waals surface area contributed by atoms with E-state index in [1.807, 2.05) is 24.1 Å². The molecule has 1 aliphatic heterocycles. The van der Waals surface area contributed by atoms with Gasteiger partial charge in [0.25, 0.3) is 0 Å². The standard InChI is InChI=1S/C20H21ClFN3OS/c1-3-13-4-7-15(8-5-13)23-20-25(2)16(12-27-20)11-19(26)24-18-9-6-14(21)10-17(18)22/h4-10,16H,3,11-12H2,1-2H3,(H,24,26). The number of carbonyl (C=O) groups excluding carboxylic acids is 1. The molecular weight excluding hydrogens is 385 g/mol. The lowest BCUT2D eigenvalue weighted by Gasteiger charge is -2.20. The van der Waals surface area contributed by atoms with Crippen LogP contribution in [0.25, 0.3) is 0 Å². The molecule has 2 aromatic rings. The summed E-state index contributed by atoms with van der Waals surface area (Å²) in [6.07, 6.45) is 1.26. The Bertz CT molecular complexity index is 857. The quantitative estimate of drug-likeness (QED) is 0.752. The molecular formula is C20H21ClFN3OS. The van der Waals surface area contributed by atoms with Crippen LogP contribution in [0.2, 0.25) is 5.02 Å². The van der Waals surface area contributed by atoms with Crippen LogP contribution in [0.1, 0.15) is 18.9 Å². The molecule has 2 aromatic carbocycles. The van der Waals surface area contributed by atoms with Gasteiger partial charge >= 0.3 is 0 Å². The third kappa shape index (κ3) is 5.02. The fourth-order valence-electron chi connectivity index (χ4n) is 2.77. The van der Waals surface area contributed by atoms with E-state index < -0.39 is 5.82 Å². The van der Waals surface area contributed by atoms with E-state index in [0.29, 0.717) is 5.02 Å². The highest BCUT2D eigenvalue weighted by Gasteiger charge is 2.29. The first kappa shape index (κ1) is 19.7. The Kier molecular flexibility index (Phi) is 6.39. The Morgan fingerprint density at radius 3 is 2.74 bits per heavy atom. The zero-order chi connectivity index (χ0) is 19.4. The summed E-state index contributed by atoms with van der Waals surface area (Å²) < 4.78 is 13.8. The van der Waals surface area contributed by atoms with Gasteiger partial charge in [-0.3, -0.25) is 4.79 Å². The van der Waals surface area contributed by atoms with Gasteiger partial charge in [0.1, 0.15) is 5.82 Å². The lowest BCUT2D eigenvalue weighted by Crippen LogP contribution is -2.33. The van der Waals surface area contributed by atoms with Crippen LogP contribution in [0.15, 0.2) is 47.5 Å². The van der Waals surface area contributed by atoms with Gasteiger partial charge in [0.15, 0.2) is 5.17 Å². The van der Waals surface area contributed by atoms with Crippen molar-refractivity contribution in [2.75, 3.05) is 18.1 Å². The molecule has 1 saturated heterocycles. The highest BCUT2D eigenvalue weighted by atomic mass is 35.5. The molecule has 1 aliphatic rings.